The average Bonchev–Trinajstić information content (AvgIpc) is 2.47. The second kappa shape index (κ2) is 7.20. The van der Waals surface area contributed by atoms with Crippen molar-refractivity contribution in [2.24, 2.45) is 0 Å². The zero-order chi connectivity index (χ0) is 15.2. The molecule has 21 heavy (non-hydrogen) atoms. The smallest absolute Gasteiger partial charge is 0.262 e. The Morgan fingerprint density at radius 3 is 2.43 bits per heavy atom. The van der Waals surface area contributed by atoms with Gasteiger partial charge in [-0.15, -0.1) is 0 Å². The summed E-state index contributed by atoms with van der Waals surface area (Å²) in [5.74, 6) is 0.521. The third-order valence-electron chi connectivity index (χ3n) is 2.65. The molecule has 1 N–H and O–H groups in total. The monoisotopic (exact) mass is 325 g/mol. The van der Waals surface area contributed by atoms with Gasteiger partial charge in [-0.05, 0) is 24.3 Å². The maximum atomic E-state index is 11.9. The normalized spacial score (nSPS) is 10.0. The molecule has 110 valence electrons. The first-order valence-corrected chi connectivity index (χ1v) is 6.87. The van der Waals surface area contributed by atoms with Crippen molar-refractivity contribution >= 4 is 34.8 Å². The predicted octanol–water partition coefficient (Wildman–Crippen LogP) is 4.02. The van der Waals surface area contributed by atoms with Gasteiger partial charge in [-0.1, -0.05) is 41.4 Å². The van der Waals surface area contributed by atoms with Crippen molar-refractivity contribution in [3.8, 4) is 11.5 Å². The van der Waals surface area contributed by atoms with Crippen LogP contribution in [0.2, 0.25) is 10.0 Å². The van der Waals surface area contributed by atoms with E-state index in [1.54, 1.807) is 36.4 Å². The number of hydrogen-bond donors (Lipinski definition) is 1. The summed E-state index contributed by atoms with van der Waals surface area (Å²) in [6.07, 6.45) is 0. The van der Waals surface area contributed by atoms with Gasteiger partial charge in [-0.2, -0.15) is 0 Å². The molecule has 6 heteroatoms. The van der Waals surface area contributed by atoms with Crippen molar-refractivity contribution < 1.29 is 14.3 Å². The molecule has 0 saturated heterocycles. The zero-order valence-electron chi connectivity index (χ0n) is 11.2. The minimum Gasteiger partial charge on any atom is -0.495 e. The summed E-state index contributed by atoms with van der Waals surface area (Å²) in [4.78, 5) is 11.9. The highest BCUT2D eigenvalue weighted by atomic mass is 35.5. The second-order valence-corrected chi connectivity index (χ2v) is 4.90. The molecule has 0 heterocycles. The number of ether oxygens (including phenoxy) is 2. The minimum absolute atomic E-state index is 0.207. The zero-order valence-corrected chi connectivity index (χ0v) is 12.7. The quantitative estimate of drug-likeness (QED) is 0.903. The molecule has 0 fully saturated rings. The summed E-state index contributed by atoms with van der Waals surface area (Å²) < 4.78 is 10.5. The molecule has 0 aliphatic carbocycles. The van der Waals surface area contributed by atoms with E-state index in [2.05, 4.69) is 5.32 Å². The van der Waals surface area contributed by atoms with Crippen LogP contribution in [0.1, 0.15) is 0 Å². The Morgan fingerprint density at radius 1 is 1.10 bits per heavy atom. The summed E-state index contributed by atoms with van der Waals surface area (Å²) in [5, 5.41) is 3.40. The summed E-state index contributed by atoms with van der Waals surface area (Å²) in [6.45, 7) is -0.207. The predicted molar refractivity (Wildman–Crippen MR) is 83.6 cm³/mol. The topological polar surface area (TPSA) is 47.6 Å². The van der Waals surface area contributed by atoms with Crippen molar-refractivity contribution in [1.29, 1.82) is 0 Å². The van der Waals surface area contributed by atoms with Crippen LogP contribution in [0, 0.1) is 0 Å². The lowest BCUT2D eigenvalue weighted by atomic mass is 10.3. The molecular formula is C15H13Cl2NO3. The van der Waals surface area contributed by atoms with Gasteiger partial charge in [0.1, 0.15) is 5.75 Å². The minimum atomic E-state index is -0.338. The molecule has 2 rings (SSSR count). The number of nitrogens with one attached hydrogen (secondary N) is 1. The number of carbonyl (C=O) groups is 1. The Morgan fingerprint density at radius 2 is 1.76 bits per heavy atom. The van der Waals surface area contributed by atoms with Crippen LogP contribution >= 0.6 is 23.2 Å². The van der Waals surface area contributed by atoms with Crippen LogP contribution in [0.15, 0.2) is 42.5 Å². The molecule has 0 aromatic heterocycles. The molecule has 0 saturated carbocycles. The fourth-order valence-electron chi connectivity index (χ4n) is 1.69. The van der Waals surface area contributed by atoms with Gasteiger partial charge in [0.25, 0.3) is 5.91 Å². The van der Waals surface area contributed by atoms with Gasteiger partial charge in [0.2, 0.25) is 0 Å². The Labute approximate surface area is 132 Å². The standard InChI is InChI=1S/C15H13Cl2NO3/c1-20-13-8-3-2-7-12(13)18-14(19)9-21-15-10(16)5-4-6-11(15)17/h2-8H,9H2,1H3,(H,18,19). The van der Waals surface area contributed by atoms with E-state index in [4.69, 9.17) is 32.7 Å². The van der Waals surface area contributed by atoms with E-state index in [-0.39, 0.29) is 18.3 Å². The van der Waals surface area contributed by atoms with E-state index >= 15 is 0 Å². The lowest BCUT2D eigenvalue weighted by Crippen LogP contribution is -2.20. The molecule has 0 unspecified atom stereocenters. The van der Waals surface area contributed by atoms with Crippen LogP contribution in [0.3, 0.4) is 0 Å². The van der Waals surface area contributed by atoms with Crippen molar-refractivity contribution in [2.45, 2.75) is 0 Å². The number of para-hydroxylation sites is 3. The molecule has 1 amide bonds. The molecule has 2 aromatic carbocycles. The summed E-state index contributed by atoms with van der Waals surface area (Å²) in [5.41, 5.74) is 0.568. The highest BCUT2D eigenvalue weighted by Gasteiger charge is 2.11. The largest absolute Gasteiger partial charge is 0.495 e. The van der Waals surface area contributed by atoms with Gasteiger partial charge in [-0.3, -0.25) is 4.79 Å². The Balaban J connectivity index is 1.99. The van der Waals surface area contributed by atoms with Gasteiger partial charge < -0.3 is 14.8 Å². The van der Waals surface area contributed by atoms with Crippen LogP contribution < -0.4 is 14.8 Å². The number of amides is 1. The highest BCUT2D eigenvalue weighted by molar-refractivity contribution is 6.37. The van der Waals surface area contributed by atoms with Crippen molar-refractivity contribution in [2.75, 3.05) is 19.0 Å². The molecule has 0 bridgehead atoms. The van der Waals surface area contributed by atoms with E-state index < -0.39 is 0 Å². The molecule has 0 aliphatic heterocycles. The molecule has 0 atom stereocenters. The highest BCUT2D eigenvalue weighted by Crippen LogP contribution is 2.32. The number of carbonyl (C=O) groups excluding carboxylic acids is 1. The Hall–Kier alpha value is -1.91. The van der Waals surface area contributed by atoms with E-state index in [9.17, 15) is 4.79 Å². The van der Waals surface area contributed by atoms with E-state index in [1.165, 1.54) is 7.11 Å². The average molecular weight is 326 g/mol. The van der Waals surface area contributed by atoms with Crippen molar-refractivity contribution in [3.05, 3.63) is 52.5 Å². The third-order valence-corrected chi connectivity index (χ3v) is 3.24. The first-order valence-electron chi connectivity index (χ1n) is 6.11. The SMILES string of the molecule is COc1ccccc1NC(=O)COc1c(Cl)cccc1Cl. The van der Waals surface area contributed by atoms with Gasteiger partial charge in [0.15, 0.2) is 12.4 Å². The maximum absolute atomic E-state index is 11.9. The lowest BCUT2D eigenvalue weighted by molar-refractivity contribution is -0.118. The van der Waals surface area contributed by atoms with Gasteiger partial charge in [-0.25, -0.2) is 0 Å². The summed E-state index contributed by atoms with van der Waals surface area (Å²) >= 11 is 11.9. The molecular weight excluding hydrogens is 313 g/mol. The van der Waals surface area contributed by atoms with Gasteiger partial charge in [0, 0.05) is 0 Å². The fourth-order valence-corrected chi connectivity index (χ4v) is 2.20. The van der Waals surface area contributed by atoms with Crippen LogP contribution in [0.5, 0.6) is 11.5 Å². The first kappa shape index (κ1) is 15.5. The summed E-state index contributed by atoms with van der Waals surface area (Å²) in [7, 11) is 1.53. The van der Waals surface area contributed by atoms with Gasteiger partial charge >= 0.3 is 0 Å². The number of benzene rings is 2. The van der Waals surface area contributed by atoms with Crippen LogP contribution in [-0.2, 0) is 4.79 Å². The lowest BCUT2D eigenvalue weighted by Gasteiger charge is -2.12. The van der Waals surface area contributed by atoms with Crippen LogP contribution in [-0.4, -0.2) is 19.6 Å². The van der Waals surface area contributed by atoms with E-state index in [0.717, 1.165) is 0 Å². The number of methoxy groups -OCH3 is 1. The molecule has 0 radical (unpaired) electrons. The van der Waals surface area contributed by atoms with E-state index in [0.29, 0.717) is 21.5 Å². The number of halogens is 2. The second-order valence-electron chi connectivity index (χ2n) is 4.09. The van der Waals surface area contributed by atoms with E-state index in [1.807, 2.05) is 6.07 Å². The van der Waals surface area contributed by atoms with Crippen LogP contribution in [0.25, 0.3) is 0 Å². The molecule has 2 aromatic rings. The molecule has 0 spiro atoms. The number of hydrogen-bond acceptors (Lipinski definition) is 3. The van der Waals surface area contributed by atoms with Crippen molar-refractivity contribution in [1.82, 2.24) is 0 Å². The van der Waals surface area contributed by atoms with Gasteiger partial charge in [0.05, 0.1) is 22.8 Å². The third kappa shape index (κ3) is 4.03. The molecule has 4 nitrogen and oxygen atoms in total. The number of anilines is 1. The van der Waals surface area contributed by atoms with Crippen molar-refractivity contribution in [3.63, 3.8) is 0 Å². The molecule has 0 aliphatic rings. The maximum Gasteiger partial charge on any atom is 0.262 e. The summed E-state index contributed by atoms with van der Waals surface area (Å²) in [6, 6.07) is 12.1. The fraction of sp³-hybridized carbons (Fsp3) is 0.133. The Kier molecular flexibility index (Phi) is 5.31. The van der Waals surface area contributed by atoms with Crippen LogP contribution in [0.4, 0.5) is 5.69 Å². The Bertz CT molecular complexity index is 626. The number of rotatable bonds is 5. The first-order chi connectivity index (χ1) is 10.1.